The third kappa shape index (κ3) is 8.42. The van der Waals surface area contributed by atoms with Crippen LogP contribution in [0.15, 0.2) is 54.6 Å². The van der Waals surface area contributed by atoms with Crippen molar-refractivity contribution in [2.75, 3.05) is 65.6 Å². The molecule has 2 aliphatic rings. The minimum atomic E-state index is -5.08. The number of carboxylic acids is 1. The lowest BCUT2D eigenvalue weighted by Crippen LogP contribution is -2.49. The van der Waals surface area contributed by atoms with Gasteiger partial charge in [0.2, 0.25) is 0 Å². The number of benzene rings is 2. The Morgan fingerprint density at radius 1 is 0.930 bits per heavy atom. The predicted molar refractivity (Wildman–Crippen MR) is 162 cm³/mol. The summed E-state index contributed by atoms with van der Waals surface area (Å²) in [4.78, 5) is 27.5. The molecule has 0 unspecified atom stereocenters. The summed E-state index contributed by atoms with van der Waals surface area (Å²) in [5.41, 5.74) is 6.05. The van der Waals surface area contributed by atoms with Gasteiger partial charge < -0.3 is 14.8 Å². The number of halogens is 3. The van der Waals surface area contributed by atoms with Crippen molar-refractivity contribution in [3.05, 3.63) is 65.7 Å². The van der Waals surface area contributed by atoms with Crippen LogP contribution in [0.4, 0.5) is 13.2 Å². The van der Waals surface area contributed by atoms with Crippen molar-refractivity contribution < 1.29 is 27.8 Å². The molecule has 2 saturated heterocycles. The summed E-state index contributed by atoms with van der Waals surface area (Å²) in [6.07, 6.45) is -5.08. The van der Waals surface area contributed by atoms with Gasteiger partial charge in [0.25, 0.3) is 0 Å². The molecule has 0 saturated carbocycles. The molecule has 2 N–H and O–H groups in total. The van der Waals surface area contributed by atoms with E-state index in [4.69, 9.17) is 19.6 Å². The molecule has 2 aliphatic heterocycles. The number of morpholine rings is 1. The topological polar surface area (TPSA) is 84.9 Å². The number of nitrogens with one attached hydrogen (secondary N) is 1. The molecule has 4 heterocycles. The first-order valence-corrected chi connectivity index (χ1v) is 15.2. The van der Waals surface area contributed by atoms with Crippen LogP contribution in [0, 0.1) is 6.92 Å². The molecule has 230 valence electrons. The molecule has 2 aromatic carbocycles. The molecule has 2 aromatic heterocycles. The quantitative estimate of drug-likeness (QED) is 0.290. The molecule has 0 spiro atoms. The molecular weight excluding hydrogens is 579 g/mol. The van der Waals surface area contributed by atoms with Crippen LogP contribution in [0.2, 0.25) is 0 Å². The minimum Gasteiger partial charge on any atom is -0.475 e. The van der Waals surface area contributed by atoms with E-state index in [1.807, 2.05) is 0 Å². The average molecular weight is 616 g/mol. The van der Waals surface area contributed by atoms with Gasteiger partial charge in [-0.3, -0.25) is 14.7 Å². The van der Waals surface area contributed by atoms with Crippen LogP contribution < -0.4 is 0 Å². The highest BCUT2D eigenvalue weighted by atomic mass is 32.1. The smallest absolute Gasteiger partial charge is 0.475 e. The number of hydrogen-bond donors (Lipinski definition) is 2. The number of alkyl halides is 3. The van der Waals surface area contributed by atoms with E-state index < -0.39 is 12.1 Å². The summed E-state index contributed by atoms with van der Waals surface area (Å²) in [6, 6.07) is 19.8. The first kappa shape index (κ1) is 31.1. The van der Waals surface area contributed by atoms with E-state index in [1.165, 1.54) is 39.5 Å². The molecule has 0 aliphatic carbocycles. The minimum absolute atomic E-state index is 0.888. The Labute approximate surface area is 252 Å². The largest absolute Gasteiger partial charge is 0.490 e. The molecule has 8 nitrogen and oxygen atoms in total. The third-order valence-corrected chi connectivity index (χ3v) is 8.86. The predicted octanol–water partition coefficient (Wildman–Crippen LogP) is 5.35. The van der Waals surface area contributed by atoms with E-state index in [1.54, 1.807) is 11.3 Å². The van der Waals surface area contributed by atoms with Crippen LogP contribution in [-0.4, -0.2) is 107 Å². The third-order valence-electron chi connectivity index (χ3n) is 7.72. The van der Waals surface area contributed by atoms with E-state index in [0.717, 1.165) is 75.9 Å². The second kappa shape index (κ2) is 14.0. The number of piperazine rings is 1. The van der Waals surface area contributed by atoms with Crippen molar-refractivity contribution >= 4 is 28.3 Å². The van der Waals surface area contributed by atoms with Gasteiger partial charge >= 0.3 is 12.1 Å². The number of thiophene rings is 1. The van der Waals surface area contributed by atoms with Crippen LogP contribution in [-0.2, 0) is 16.1 Å². The number of rotatable bonds is 7. The number of imidazole rings is 1. The number of aromatic amines is 1. The van der Waals surface area contributed by atoms with Gasteiger partial charge in [0.15, 0.2) is 0 Å². The number of fused-ring (bicyclic) bond motifs is 1. The van der Waals surface area contributed by atoms with Gasteiger partial charge in [0.1, 0.15) is 5.82 Å². The van der Waals surface area contributed by atoms with Crippen molar-refractivity contribution in [2.45, 2.75) is 19.6 Å². The number of carboxylic acid groups (broad SMARTS) is 1. The Kier molecular flexibility index (Phi) is 10.1. The molecule has 4 aromatic rings. The number of ether oxygens (including phenoxy) is 1. The molecule has 2 fully saturated rings. The number of hydrogen-bond acceptors (Lipinski definition) is 7. The normalized spacial score (nSPS) is 17.1. The standard InChI is InChI=1S/C29H35N5OS.C2HF3O2/c1-22-4-2-7-25-28(22)31-29(30-25)27-9-8-26(36-27)24-6-3-5-23(20-24)21-34-14-12-32(13-15-34)10-11-33-16-18-35-19-17-33;3-2(4,5)1(6)7/h2-9,20H,10-19,21H2,1H3,(H,30,31);(H,6,7). The van der Waals surface area contributed by atoms with Crippen molar-refractivity contribution in [3.63, 3.8) is 0 Å². The first-order valence-electron chi connectivity index (χ1n) is 14.4. The number of aryl methyl sites for hydroxylation is 1. The summed E-state index contributed by atoms with van der Waals surface area (Å²) in [7, 11) is 0. The van der Waals surface area contributed by atoms with E-state index in [9.17, 15) is 13.2 Å². The highest BCUT2D eigenvalue weighted by Crippen LogP contribution is 2.34. The van der Waals surface area contributed by atoms with Crippen LogP contribution in [0.5, 0.6) is 0 Å². The van der Waals surface area contributed by atoms with Crippen LogP contribution in [0.25, 0.3) is 32.2 Å². The van der Waals surface area contributed by atoms with Crippen molar-refractivity contribution in [3.8, 4) is 21.1 Å². The molecule has 43 heavy (non-hydrogen) atoms. The molecule has 0 radical (unpaired) electrons. The van der Waals surface area contributed by atoms with Gasteiger partial charge in [-0.2, -0.15) is 13.2 Å². The lowest BCUT2D eigenvalue weighted by molar-refractivity contribution is -0.192. The number of aliphatic carboxylic acids is 1. The van der Waals surface area contributed by atoms with Crippen molar-refractivity contribution in [1.29, 1.82) is 0 Å². The van der Waals surface area contributed by atoms with Gasteiger partial charge in [0.05, 0.1) is 29.1 Å². The average Bonchev–Trinajstić information content (AvgIpc) is 3.66. The van der Waals surface area contributed by atoms with Gasteiger partial charge in [0, 0.05) is 63.8 Å². The molecule has 0 bridgehead atoms. The highest BCUT2D eigenvalue weighted by Gasteiger charge is 2.38. The number of H-pyrrole nitrogens is 1. The van der Waals surface area contributed by atoms with Crippen molar-refractivity contribution in [2.24, 2.45) is 0 Å². The lowest BCUT2D eigenvalue weighted by atomic mass is 10.1. The fraction of sp³-hybridized carbons (Fsp3) is 0.419. The summed E-state index contributed by atoms with van der Waals surface area (Å²) >= 11 is 1.81. The Hall–Kier alpha value is -3.29. The zero-order valence-corrected chi connectivity index (χ0v) is 24.9. The zero-order chi connectivity index (χ0) is 30.4. The number of para-hydroxylation sites is 1. The summed E-state index contributed by atoms with van der Waals surface area (Å²) in [5.74, 6) is -1.80. The maximum atomic E-state index is 10.6. The number of nitrogens with zero attached hydrogens (tertiary/aromatic N) is 4. The monoisotopic (exact) mass is 615 g/mol. The zero-order valence-electron chi connectivity index (χ0n) is 24.1. The van der Waals surface area contributed by atoms with E-state index >= 15 is 0 Å². The Balaban J connectivity index is 0.000000472. The number of aromatic nitrogens is 2. The fourth-order valence-electron chi connectivity index (χ4n) is 5.27. The van der Waals surface area contributed by atoms with Crippen LogP contribution in [0.1, 0.15) is 11.1 Å². The van der Waals surface area contributed by atoms with Crippen molar-refractivity contribution in [1.82, 2.24) is 24.7 Å². The number of carbonyl (C=O) groups is 1. The second-order valence-electron chi connectivity index (χ2n) is 10.8. The van der Waals surface area contributed by atoms with Gasteiger partial charge in [-0.25, -0.2) is 9.78 Å². The maximum absolute atomic E-state index is 10.6. The summed E-state index contributed by atoms with van der Waals surface area (Å²) in [5, 5.41) is 7.12. The molecule has 12 heteroatoms. The van der Waals surface area contributed by atoms with E-state index in [-0.39, 0.29) is 0 Å². The molecule has 6 rings (SSSR count). The van der Waals surface area contributed by atoms with E-state index in [0.29, 0.717) is 0 Å². The summed E-state index contributed by atoms with van der Waals surface area (Å²) in [6.45, 7) is 14.0. The lowest BCUT2D eigenvalue weighted by Gasteiger charge is -2.36. The molecule has 0 amide bonds. The summed E-state index contributed by atoms with van der Waals surface area (Å²) < 4.78 is 37.2. The molecular formula is C31H36F3N5O3S. The first-order chi connectivity index (χ1) is 20.7. The van der Waals surface area contributed by atoms with Crippen LogP contribution in [0.3, 0.4) is 0 Å². The maximum Gasteiger partial charge on any atom is 0.490 e. The Morgan fingerprint density at radius 3 is 2.23 bits per heavy atom. The Morgan fingerprint density at radius 2 is 1.56 bits per heavy atom. The second-order valence-corrected chi connectivity index (χ2v) is 11.9. The van der Waals surface area contributed by atoms with E-state index in [2.05, 4.69) is 81.2 Å². The van der Waals surface area contributed by atoms with Crippen LogP contribution >= 0.6 is 11.3 Å². The van der Waals surface area contributed by atoms with Gasteiger partial charge in [-0.1, -0.05) is 30.3 Å². The fourth-order valence-corrected chi connectivity index (χ4v) is 6.22. The Bertz CT molecular complexity index is 1510. The van der Waals surface area contributed by atoms with Gasteiger partial charge in [-0.05, 0) is 47.9 Å². The van der Waals surface area contributed by atoms with Gasteiger partial charge in [-0.15, -0.1) is 11.3 Å². The molecule has 0 atom stereocenters. The SMILES string of the molecule is Cc1cccc2[nH]c(-c3ccc(-c4cccc(CN5CCN(CCN6CCOCC6)CC5)c4)s3)nc12.O=C(O)C(F)(F)F. The highest BCUT2D eigenvalue weighted by molar-refractivity contribution is 7.18.